The van der Waals surface area contributed by atoms with Crippen molar-refractivity contribution in [3.05, 3.63) is 75.3 Å². The topological polar surface area (TPSA) is 94.2 Å². The molecule has 0 N–H and O–H groups in total. The molecule has 1 aliphatic heterocycles. The highest BCUT2D eigenvalue weighted by atomic mass is 32.2. The number of benzene rings is 2. The van der Waals surface area contributed by atoms with Crippen molar-refractivity contribution in [3.63, 3.8) is 0 Å². The molecule has 2 heterocycles. The van der Waals surface area contributed by atoms with Gasteiger partial charge in [-0.15, -0.1) is 10.2 Å². The molecule has 1 amide bonds. The predicted octanol–water partition coefficient (Wildman–Crippen LogP) is 3.77. The molecule has 4 rings (SSSR count). The number of carbonyl (C=O) groups is 1. The monoisotopic (exact) mass is 427 g/mol. The number of nitro benzene ring substituents is 1. The Balaban J connectivity index is 1.64. The van der Waals surface area contributed by atoms with E-state index in [1.807, 2.05) is 6.92 Å². The molecule has 1 aliphatic rings. The number of nitro groups is 1. The third-order valence-electron chi connectivity index (χ3n) is 5.18. The zero-order chi connectivity index (χ0) is 21.4. The number of carbonyl (C=O) groups excluding carboxylic acids is 1. The van der Waals surface area contributed by atoms with E-state index in [1.54, 1.807) is 34.7 Å². The number of halogens is 1. The van der Waals surface area contributed by atoms with Gasteiger partial charge in [0.2, 0.25) is 0 Å². The van der Waals surface area contributed by atoms with Crippen LogP contribution in [0.15, 0.2) is 52.8 Å². The molecule has 0 bridgehead atoms. The lowest BCUT2D eigenvalue weighted by Gasteiger charge is -2.35. The fraction of sp³-hybridized carbons (Fsp3) is 0.250. The highest BCUT2D eigenvalue weighted by Gasteiger charge is 2.30. The van der Waals surface area contributed by atoms with Crippen molar-refractivity contribution < 1.29 is 14.1 Å². The summed E-state index contributed by atoms with van der Waals surface area (Å²) >= 11 is 1.11. The van der Waals surface area contributed by atoms with Gasteiger partial charge < -0.3 is 9.47 Å². The maximum atomic E-state index is 13.7. The van der Waals surface area contributed by atoms with Gasteiger partial charge in [0.05, 0.1) is 15.9 Å². The van der Waals surface area contributed by atoms with Gasteiger partial charge in [-0.1, -0.05) is 6.07 Å². The van der Waals surface area contributed by atoms with Crippen molar-refractivity contribution in [3.8, 4) is 0 Å². The van der Waals surface area contributed by atoms with Crippen molar-refractivity contribution in [2.45, 2.75) is 29.4 Å². The van der Waals surface area contributed by atoms with E-state index in [-0.39, 0.29) is 29.0 Å². The highest BCUT2D eigenvalue weighted by molar-refractivity contribution is 7.99. The van der Waals surface area contributed by atoms with Gasteiger partial charge in [-0.05, 0) is 60.5 Å². The summed E-state index contributed by atoms with van der Waals surface area (Å²) in [4.78, 5) is 26.2. The minimum absolute atomic E-state index is 0.176. The molecule has 0 fully saturated rings. The van der Waals surface area contributed by atoms with E-state index in [4.69, 9.17) is 0 Å². The Kier molecular flexibility index (Phi) is 5.25. The predicted molar refractivity (Wildman–Crippen MR) is 108 cm³/mol. The first-order chi connectivity index (χ1) is 14.3. The number of hydrogen-bond acceptors (Lipinski definition) is 6. The largest absolute Gasteiger partial charge is 0.332 e. The lowest BCUT2D eigenvalue weighted by molar-refractivity contribution is -0.387. The molecule has 2 aromatic carbocycles. The minimum Gasteiger partial charge on any atom is -0.332 e. The average molecular weight is 427 g/mol. The third kappa shape index (κ3) is 3.65. The number of aryl methyl sites for hydroxylation is 1. The van der Waals surface area contributed by atoms with Crippen LogP contribution >= 0.6 is 11.8 Å². The van der Waals surface area contributed by atoms with E-state index in [0.29, 0.717) is 23.0 Å². The molecule has 10 heteroatoms. The van der Waals surface area contributed by atoms with Crippen LogP contribution in [0.3, 0.4) is 0 Å². The molecule has 0 radical (unpaired) electrons. The Hall–Kier alpha value is -3.27. The molecule has 0 spiro atoms. The van der Waals surface area contributed by atoms with E-state index in [1.165, 1.54) is 24.5 Å². The Bertz CT molecular complexity index is 1150. The smallest absolute Gasteiger partial charge is 0.284 e. The van der Waals surface area contributed by atoms with Gasteiger partial charge in [-0.3, -0.25) is 14.9 Å². The van der Waals surface area contributed by atoms with E-state index in [0.717, 1.165) is 22.9 Å². The van der Waals surface area contributed by atoms with Crippen LogP contribution in [0.2, 0.25) is 0 Å². The average Bonchev–Trinajstić information content (AvgIpc) is 3.13. The molecule has 1 atom stereocenters. The number of nitrogens with zero attached hydrogens (tertiary/aromatic N) is 5. The lowest BCUT2D eigenvalue weighted by Crippen LogP contribution is -2.39. The quantitative estimate of drug-likeness (QED) is 0.465. The molecule has 0 saturated heterocycles. The summed E-state index contributed by atoms with van der Waals surface area (Å²) in [5.74, 6) is -0.675. The number of fused-ring (bicyclic) bond motifs is 1. The fourth-order valence-electron chi connectivity index (χ4n) is 3.57. The number of amides is 1. The molecule has 30 heavy (non-hydrogen) atoms. The SMILES string of the molecule is CC1c2cc(F)ccc2CCN1C(=O)c1ccc(Sc2nncn2C)c([N+](=O)[O-])c1. The zero-order valence-corrected chi connectivity index (χ0v) is 17.1. The standard InChI is InChI=1S/C20H18FN5O3S/c1-12-16-10-15(21)5-3-13(16)7-8-25(12)19(27)14-4-6-18(17(9-14)26(28)29)30-20-23-22-11-24(20)2/h3-6,9-12H,7-8H2,1-2H3. The van der Waals surface area contributed by atoms with Crippen LogP contribution in [0, 0.1) is 15.9 Å². The van der Waals surface area contributed by atoms with E-state index in [2.05, 4.69) is 10.2 Å². The van der Waals surface area contributed by atoms with Gasteiger partial charge in [-0.25, -0.2) is 4.39 Å². The normalized spacial score (nSPS) is 15.7. The van der Waals surface area contributed by atoms with Crippen LogP contribution in [-0.2, 0) is 13.5 Å². The van der Waals surface area contributed by atoms with Crippen LogP contribution in [0.4, 0.5) is 10.1 Å². The molecule has 1 unspecified atom stereocenters. The van der Waals surface area contributed by atoms with Crippen LogP contribution in [0.5, 0.6) is 0 Å². The number of aromatic nitrogens is 3. The Morgan fingerprint density at radius 2 is 2.10 bits per heavy atom. The summed E-state index contributed by atoms with van der Waals surface area (Å²) in [6, 6.07) is 8.68. The van der Waals surface area contributed by atoms with Crippen molar-refractivity contribution in [2.24, 2.45) is 7.05 Å². The number of hydrogen-bond donors (Lipinski definition) is 0. The van der Waals surface area contributed by atoms with E-state index >= 15 is 0 Å². The first-order valence-corrected chi connectivity index (χ1v) is 10.1. The van der Waals surface area contributed by atoms with Crippen LogP contribution in [-0.4, -0.2) is 37.0 Å². The molecule has 8 nitrogen and oxygen atoms in total. The van der Waals surface area contributed by atoms with Gasteiger partial charge in [0.15, 0.2) is 5.16 Å². The van der Waals surface area contributed by atoms with Crippen LogP contribution in [0.1, 0.15) is 34.5 Å². The number of rotatable bonds is 4. The molecule has 0 aliphatic carbocycles. The first kappa shape index (κ1) is 20.0. The van der Waals surface area contributed by atoms with Gasteiger partial charge in [-0.2, -0.15) is 0 Å². The molecule has 1 aromatic heterocycles. The maximum Gasteiger partial charge on any atom is 0.284 e. The molecular formula is C20H18FN5O3S. The second kappa shape index (κ2) is 7.86. The van der Waals surface area contributed by atoms with Crippen molar-refractivity contribution in [1.29, 1.82) is 0 Å². The third-order valence-corrected chi connectivity index (χ3v) is 6.30. The molecule has 154 valence electrons. The fourth-order valence-corrected chi connectivity index (χ4v) is 4.42. The lowest BCUT2D eigenvalue weighted by atomic mass is 9.93. The second-order valence-electron chi connectivity index (χ2n) is 7.03. The summed E-state index contributed by atoms with van der Waals surface area (Å²) in [5, 5.41) is 19.8. The van der Waals surface area contributed by atoms with Gasteiger partial charge in [0, 0.05) is 25.2 Å². The Labute approximate surface area is 175 Å². The molecular weight excluding hydrogens is 409 g/mol. The van der Waals surface area contributed by atoms with Gasteiger partial charge >= 0.3 is 0 Å². The maximum absolute atomic E-state index is 13.7. The van der Waals surface area contributed by atoms with E-state index < -0.39 is 4.92 Å². The summed E-state index contributed by atoms with van der Waals surface area (Å²) in [7, 11) is 1.74. The van der Waals surface area contributed by atoms with Crippen molar-refractivity contribution in [1.82, 2.24) is 19.7 Å². The highest BCUT2D eigenvalue weighted by Crippen LogP contribution is 2.36. The zero-order valence-electron chi connectivity index (χ0n) is 16.3. The molecule has 3 aromatic rings. The molecule has 0 saturated carbocycles. The summed E-state index contributed by atoms with van der Waals surface area (Å²) in [6.45, 7) is 2.30. The van der Waals surface area contributed by atoms with Gasteiger partial charge in [0.1, 0.15) is 12.1 Å². The van der Waals surface area contributed by atoms with Gasteiger partial charge in [0.25, 0.3) is 11.6 Å². The Morgan fingerprint density at radius 3 is 2.80 bits per heavy atom. The van der Waals surface area contributed by atoms with Crippen molar-refractivity contribution >= 4 is 23.4 Å². The minimum atomic E-state index is -0.514. The summed E-state index contributed by atoms with van der Waals surface area (Å²) in [6.07, 6.45) is 2.11. The van der Waals surface area contributed by atoms with E-state index in [9.17, 15) is 19.3 Å². The van der Waals surface area contributed by atoms with Crippen LogP contribution < -0.4 is 0 Å². The first-order valence-electron chi connectivity index (χ1n) is 9.24. The summed E-state index contributed by atoms with van der Waals surface area (Å²) in [5.41, 5.74) is 1.81. The summed E-state index contributed by atoms with van der Waals surface area (Å²) < 4.78 is 15.3. The Morgan fingerprint density at radius 1 is 1.30 bits per heavy atom. The van der Waals surface area contributed by atoms with Crippen molar-refractivity contribution in [2.75, 3.05) is 6.54 Å². The second-order valence-corrected chi connectivity index (χ2v) is 8.04. The van der Waals surface area contributed by atoms with Crippen LogP contribution in [0.25, 0.3) is 0 Å².